The number of carboxylic acids is 1. The number of furan rings is 1. The number of nitrogens with zero attached hydrogens (tertiary/aromatic N) is 4. The number of aliphatic carboxylic acids is 1. The van der Waals surface area contributed by atoms with Gasteiger partial charge >= 0.3 is 5.97 Å². The van der Waals surface area contributed by atoms with Crippen LogP contribution in [0.25, 0.3) is 22.7 Å². The molecule has 1 aliphatic rings. The molecule has 0 aliphatic carbocycles. The number of carbonyl (C=O) groups is 1. The molecule has 0 amide bonds. The number of aryl methyl sites for hydroxylation is 1. The van der Waals surface area contributed by atoms with E-state index in [-0.39, 0.29) is 17.5 Å². The van der Waals surface area contributed by atoms with Gasteiger partial charge in [-0.1, -0.05) is 50.1 Å². The first-order valence-electron chi connectivity index (χ1n) is 11.8. The Kier molecular flexibility index (Phi) is 7.86. The van der Waals surface area contributed by atoms with Gasteiger partial charge in [-0.25, -0.2) is 15.0 Å². The van der Waals surface area contributed by atoms with Crippen molar-refractivity contribution in [3.63, 3.8) is 0 Å². The lowest BCUT2D eigenvalue weighted by Crippen LogP contribution is -2.19. The molecule has 1 N–H and O–H groups in total. The molecule has 0 aromatic carbocycles. The molecule has 2 atom stereocenters. The Bertz CT molecular complexity index is 1220. The molecule has 0 bridgehead atoms. The van der Waals surface area contributed by atoms with Crippen LogP contribution in [0, 0.1) is 24.7 Å². The maximum Gasteiger partial charge on any atom is 0.303 e. The van der Waals surface area contributed by atoms with Crippen LogP contribution < -0.4 is 0 Å². The molecule has 0 radical (unpaired) electrons. The molecule has 9 heteroatoms. The molecule has 0 saturated carbocycles. The number of aromatic nitrogens is 4. The molecule has 0 spiro atoms. The van der Waals surface area contributed by atoms with E-state index in [0.29, 0.717) is 41.6 Å². The molecule has 4 heterocycles. The number of unbranched alkanes of at least 4 members (excludes halogenated alkanes) is 5. The van der Waals surface area contributed by atoms with Crippen LogP contribution in [0.5, 0.6) is 0 Å². The molecule has 1 fully saturated rings. The van der Waals surface area contributed by atoms with E-state index < -0.39 is 12.2 Å². The monoisotopic (exact) mass is 484 g/mol. The Morgan fingerprint density at radius 1 is 1.24 bits per heavy atom. The summed E-state index contributed by atoms with van der Waals surface area (Å²) in [4.78, 5) is 25.1. The van der Waals surface area contributed by atoms with Gasteiger partial charge in [0.1, 0.15) is 17.5 Å². The minimum Gasteiger partial charge on any atom is -0.481 e. The van der Waals surface area contributed by atoms with E-state index >= 15 is 0 Å². The van der Waals surface area contributed by atoms with Gasteiger partial charge in [-0.2, -0.15) is 0 Å². The highest BCUT2D eigenvalue weighted by Gasteiger charge is 2.36. The zero-order valence-corrected chi connectivity index (χ0v) is 20.3. The number of ether oxygens (including phenoxy) is 1. The van der Waals surface area contributed by atoms with E-state index in [1.807, 2.05) is 19.1 Å². The van der Waals surface area contributed by atoms with E-state index in [4.69, 9.17) is 20.8 Å². The Morgan fingerprint density at radius 3 is 2.79 bits per heavy atom. The molecule has 1 saturated heterocycles. The molecule has 3 aromatic heterocycles. The van der Waals surface area contributed by atoms with E-state index in [1.54, 1.807) is 4.57 Å². The Labute approximate surface area is 203 Å². The van der Waals surface area contributed by atoms with Crippen LogP contribution in [-0.2, 0) is 9.53 Å². The van der Waals surface area contributed by atoms with Crippen molar-refractivity contribution in [3.8, 4) is 23.4 Å². The highest BCUT2D eigenvalue weighted by atomic mass is 35.5. The maximum atomic E-state index is 11.5. The minimum atomic E-state index is -0.876. The molecular formula is C25H29ClN4O4. The van der Waals surface area contributed by atoms with Gasteiger partial charge in [0, 0.05) is 18.9 Å². The van der Waals surface area contributed by atoms with Crippen molar-refractivity contribution in [1.82, 2.24) is 19.5 Å². The lowest BCUT2D eigenvalue weighted by Gasteiger charge is -2.20. The van der Waals surface area contributed by atoms with Crippen molar-refractivity contribution in [1.29, 1.82) is 0 Å². The smallest absolute Gasteiger partial charge is 0.303 e. The molecule has 180 valence electrons. The zero-order chi connectivity index (χ0) is 24.1. The standard InChI is InChI=1S/C25H29ClN4O4/c1-3-4-5-6-7-8-9-10-19-27-22(26)21-24(28-19)30(23(29-21)18-12-11-16(2)34-18)25-17(13-14-33-25)15-20(31)32/h11-12,17,25H,3-8,13-15H2,1-2H3,(H,31,32)/t17-,25-/m1/s1. The summed E-state index contributed by atoms with van der Waals surface area (Å²) >= 11 is 6.50. The second-order valence-corrected chi connectivity index (χ2v) is 8.96. The van der Waals surface area contributed by atoms with Gasteiger partial charge < -0.3 is 14.3 Å². The summed E-state index contributed by atoms with van der Waals surface area (Å²) in [6, 6.07) is 3.66. The molecular weight excluding hydrogens is 456 g/mol. The maximum absolute atomic E-state index is 11.5. The Morgan fingerprint density at radius 2 is 2.06 bits per heavy atom. The molecule has 34 heavy (non-hydrogen) atoms. The van der Waals surface area contributed by atoms with Crippen molar-refractivity contribution >= 4 is 28.7 Å². The van der Waals surface area contributed by atoms with Gasteiger partial charge in [0.2, 0.25) is 5.82 Å². The van der Waals surface area contributed by atoms with Crippen molar-refractivity contribution in [2.24, 2.45) is 5.92 Å². The number of rotatable bonds is 9. The lowest BCUT2D eigenvalue weighted by molar-refractivity contribution is -0.139. The molecule has 1 aliphatic heterocycles. The first-order chi connectivity index (χ1) is 16.5. The molecule has 4 rings (SSSR count). The van der Waals surface area contributed by atoms with Crippen LogP contribution in [0.4, 0.5) is 0 Å². The number of fused-ring (bicyclic) bond motifs is 1. The van der Waals surface area contributed by atoms with E-state index in [1.165, 1.54) is 19.3 Å². The van der Waals surface area contributed by atoms with Gasteiger partial charge in [0.25, 0.3) is 0 Å². The van der Waals surface area contributed by atoms with Gasteiger partial charge in [0.05, 0.1) is 6.42 Å². The fraction of sp³-hybridized carbons (Fsp3) is 0.520. The highest BCUT2D eigenvalue weighted by Crippen LogP contribution is 2.39. The topological polar surface area (TPSA) is 103 Å². The Balaban J connectivity index is 1.72. The summed E-state index contributed by atoms with van der Waals surface area (Å²) in [6.45, 7) is 4.49. The number of halogens is 1. The third kappa shape index (κ3) is 5.43. The summed E-state index contributed by atoms with van der Waals surface area (Å²) in [7, 11) is 0. The second-order valence-electron chi connectivity index (χ2n) is 8.60. The van der Waals surface area contributed by atoms with Crippen molar-refractivity contribution in [2.45, 2.75) is 71.4 Å². The van der Waals surface area contributed by atoms with Gasteiger partial charge in [-0.05, 0) is 37.8 Å². The average Bonchev–Trinajstić information content (AvgIpc) is 3.51. The third-order valence-corrected chi connectivity index (χ3v) is 6.20. The Hall–Kier alpha value is -2.89. The molecule has 3 aromatic rings. The predicted molar refractivity (Wildman–Crippen MR) is 128 cm³/mol. The van der Waals surface area contributed by atoms with E-state index in [0.717, 1.165) is 25.0 Å². The summed E-state index contributed by atoms with van der Waals surface area (Å²) < 4.78 is 13.6. The third-order valence-electron chi connectivity index (χ3n) is 5.94. The van der Waals surface area contributed by atoms with Gasteiger partial charge in [-0.3, -0.25) is 9.36 Å². The van der Waals surface area contributed by atoms with Crippen LogP contribution >= 0.6 is 11.6 Å². The van der Waals surface area contributed by atoms with E-state index in [2.05, 4.69) is 33.7 Å². The zero-order valence-electron chi connectivity index (χ0n) is 19.5. The first kappa shape index (κ1) is 24.2. The van der Waals surface area contributed by atoms with Gasteiger partial charge in [-0.15, -0.1) is 0 Å². The molecule has 0 unspecified atom stereocenters. The van der Waals surface area contributed by atoms with Crippen molar-refractivity contribution < 1.29 is 19.1 Å². The van der Waals surface area contributed by atoms with Crippen LogP contribution in [0.2, 0.25) is 5.15 Å². The predicted octanol–water partition coefficient (Wildman–Crippen LogP) is 5.77. The van der Waals surface area contributed by atoms with Crippen LogP contribution in [-0.4, -0.2) is 37.2 Å². The highest BCUT2D eigenvalue weighted by molar-refractivity contribution is 6.33. The lowest BCUT2D eigenvalue weighted by atomic mass is 10.0. The second kappa shape index (κ2) is 11.0. The fourth-order valence-electron chi connectivity index (χ4n) is 4.26. The number of carboxylic acid groups (broad SMARTS) is 1. The van der Waals surface area contributed by atoms with E-state index in [9.17, 15) is 9.90 Å². The largest absolute Gasteiger partial charge is 0.481 e. The summed E-state index contributed by atoms with van der Waals surface area (Å²) in [5.41, 5.74) is 0.860. The minimum absolute atomic E-state index is 0.0233. The van der Waals surface area contributed by atoms with Crippen LogP contribution in [0.15, 0.2) is 16.5 Å². The average molecular weight is 485 g/mol. The van der Waals surface area contributed by atoms with Crippen LogP contribution in [0.1, 0.15) is 76.1 Å². The summed E-state index contributed by atoms with van der Waals surface area (Å²) in [5.74, 6) is 7.09. The summed E-state index contributed by atoms with van der Waals surface area (Å²) in [6.07, 6.45) is 6.68. The number of hydrogen-bond donors (Lipinski definition) is 1. The number of imidazole rings is 1. The van der Waals surface area contributed by atoms with Crippen molar-refractivity contribution in [2.75, 3.05) is 6.61 Å². The first-order valence-corrected chi connectivity index (χ1v) is 12.2. The molecule has 8 nitrogen and oxygen atoms in total. The van der Waals surface area contributed by atoms with Gasteiger partial charge in [0.15, 0.2) is 22.4 Å². The number of hydrogen-bond acceptors (Lipinski definition) is 6. The summed E-state index contributed by atoms with van der Waals surface area (Å²) in [5, 5.41) is 9.59. The SMILES string of the molecule is CCCCCCCC#Cc1nc(Cl)c2nc(-c3ccc(C)o3)n([C@@H]3OCC[C@@H]3CC(=O)O)c2n1. The fourth-order valence-corrected chi connectivity index (χ4v) is 4.46. The normalized spacial score (nSPS) is 17.7. The van der Waals surface area contributed by atoms with Crippen molar-refractivity contribution in [3.05, 3.63) is 28.9 Å². The van der Waals surface area contributed by atoms with Crippen LogP contribution in [0.3, 0.4) is 0 Å². The quantitative estimate of drug-likeness (QED) is 0.233.